The van der Waals surface area contributed by atoms with Gasteiger partial charge in [0.15, 0.2) is 0 Å². The number of hydrogen-bond donors (Lipinski definition) is 2. The first-order valence-electron chi connectivity index (χ1n) is 2.93. The highest BCUT2D eigenvalue weighted by Crippen LogP contribution is 2.06. The van der Waals surface area contributed by atoms with Crippen LogP contribution in [0.25, 0.3) is 0 Å². The van der Waals surface area contributed by atoms with Gasteiger partial charge in [-0.15, -0.1) is 0 Å². The molecule has 4 nitrogen and oxygen atoms in total. The minimum absolute atomic E-state index is 0.172. The molecule has 4 heteroatoms. The molecule has 1 fully saturated rings. The Morgan fingerprint density at radius 3 is 2.89 bits per heavy atom. The predicted octanol–water partition coefficient (Wildman–Crippen LogP) is -1.16. The van der Waals surface area contributed by atoms with E-state index >= 15 is 0 Å². The van der Waals surface area contributed by atoms with Crippen molar-refractivity contribution in [1.82, 2.24) is 5.01 Å². The molecule has 1 atom stereocenters. The number of nitrogens with two attached hydrogens (primary N) is 1. The molecule has 0 aromatic carbocycles. The van der Waals surface area contributed by atoms with E-state index in [0.717, 1.165) is 5.01 Å². The number of nitrogens with zero attached hydrogens (tertiary/aromatic N) is 1. The van der Waals surface area contributed by atoms with E-state index in [-0.39, 0.29) is 12.3 Å². The summed E-state index contributed by atoms with van der Waals surface area (Å²) < 4.78 is 0. The molecule has 1 aliphatic rings. The predicted molar refractivity (Wildman–Crippen MR) is 31.1 cm³/mol. The molecule has 1 aliphatic heterocycles. The molecule has 0 saturated carbocycles. The SMILES string of the molecule is NN1CC[C@H](O)CC1=O. The Balaban J connectivity index is 2.44. The third-order valence-electron chi connectivity index (χ3n) is 1.43. The number of piperidine rings is 1. The van der Waals surface area contributed by atoms with Crippen molar-refractivity contribution in [2.24, 2.45) is 5.84 Å². The number of carbonyl (C=O) groups excluding carboxylic acids is 1. The molecule has 0 bridgehead atoms. The van der Waals surface area contributed by atoms with E-state index in [1.165, 1.54) is 0 Å². The van der Waals surface area contributed by atoms with E-state index in [0.29, 0.717) is 13.0 Å². The van der Waals surface area contributed by atoms with Gasteiger partial charge in [0.1, 0.15) is 0 Å². The summed E-state index contributed by atoms with van der Waals surface area (Å²) in [6.45, 7) is 0.472. The first-order valence-corrected chi connectivity index (χ1v) is 2.93. The molecule has 9 heavy (non-hydrogen) atoms. The quantitative estimate of drug-likeness (QED) is 0.321. The highest BCUT2D eigenvalue weighted by atomic mass is 16.3. The van der Waals surface area contributed by atoms with Crippen LogP contribution in [-0.2, 0) is 4.79 Å². The Kier molecular flexibility index (Phi) is 1.68. The van der Waals surface area contributed by atoms with Crippen LogP contribution in [0.3, 0.4) is 0 Å². The zero-order chi connectivity index (χ0) is 6.85. The molecule has 1 heterocycles. The fourth-order valence-electron chi connectivity index (χ4n) is 0.834. The van der Waals surface area contributed by atoms with Crippen molar-refractivity contribution in [1.29, 1.82) is 0 Å². The summed E-state index contributed by atoms with van der Waals surface area (Å²) in [6, 6.07) is 0. The van der Waals surface area contributed by atoms with Crippen LogP contribution in [0.1, 0.15) is 12.8 Å². The molecular formula is C5H10N2O2. The van der Waals surface area contributed by atoms with Crippen LogP contribution >= 0.6 is 0 Å². The lowest BCUT2D eigenvalue weighted by molar-refractivity contribution is -0.137. The second kappa shape index (κ2) is 2.33. The smallest absolute Gasteiger partial charge is 0.239 e. The van der Waals surface area contributed by atoms with Crippen LogP contribution in [0.4, 0.5) is 0 Å². The van der Waals surface area contributed by atoms with Gasteiger partial charge in [0, 0.05) is 6.54 Å². The van der Waals surface area contributed by atoms with E-state index in [9.17, 15) is 4.79 Å². The third kappa shape index (κ3) is 1.40. The van der Waals surface area contributed by atoms with Gasteiger partial charge in [0.05, 0.1) is 12.5 Å². The molecule has 0 aliphatic carbocycles. The summed E-state index contributed by atoms with van der Waals surface area (Å²) in [7, 11) is 0. The number of hydrazine groups is 1. The van der Waals surface area contributed by atoms with Crippen molar-refractivity contribution in [2.75, 3.05) is 6.54 Å². The summed E-state index contributed by atoms with van der Waals surface area (Å²) in [4.78, 5) is 10.6. The van der Waals surface area contributed by atoms with Gasteiger partial charge in [-0.3, -0.25) is 9.80 Å². The maximum Gasteiger partial charge on any atom is 0.239 e. The molecule has 1 saturated heterocycles. The number of carbonyl (C=O) groups is 1. The van der Waals surface area contributed by atoms with Crippen molar-refractivity contribution in [3.8, 4) is 0 Å². The second-order valence-electron chi connectivity index (χ2n) is 2.23. The van der Waals surface area contributed by atoms with E-state index in [1.807, 2.05) is 0 Å². The first kappa shape index (κ1) is 6.51. The minimum Gasteiger partial charge on any atom is -0.393 e. The fourth-order valence-corrected chi connectivity index (χ4v) is 0.834. The molecule has 3 N–H and O–H groups in total. The Morgan fingerprint density at radius 1 is 1.78 bits per heavy atom. The summed E-state index contributed by atoms with van der Waals surface area (Å²) in [5, 5.41) is 10.0. The van der Waals surface area contributed by atoms with E-state index < -0.39 is 6.10 Å². The van der Waals surface area contributed by atoms with Crippen molar-refractivity contribution in [3.63, 3.8) is 0 Å². The molecule has 0 aromatic heterocycles. The highest BCUT2D eigenvalue weighted by molar-refractivity contribution is 5.76. The Labute approximate surface area is 53.2 Å². The average molecular weight is 130 g/mol. The van der Waals surface area contributed by atoms with E-state index in [4.69, 9.17) is 10.9 Å². The highest BCUT2D eigenvalue weighted by Gasteiger charge is 2.21. The minimum atomic E-state index is -0.475. The zero-order valence-electron chi connectivity index (χ0n) is 5.08. The number of rotatable bonds is 0. The van der Waals surface area contributed by atoms with Crippen LogP contribution in [0.15, 0.2) is 0 Å². The van der Waals surface area contributed by atoms with E-state index in [1.54, 1.807) is 0 Å². The Hall–Kier alpha value is -0.610. The van der Waals surface area contributed by atoms with Crippen LogP contribution in [0, 0.1) is 0 Å². The molecule has 0 unspecified atom stereocenters. The van der Waals surface area contributed by atoms with Crippen LogP contribution < -0.4 is 5.84 Å². The lowest BCUT2D eigenvalue weighted by Gasteiger charge is -2.24. The molecular weight excluding hydrogens is 120 g/mol. The van der Waals surface area contributed by atoms with Gasteiger partial charge in [-0.2, -0.15) is 0 Å². The average Bonchev–Trinajstić information content (AvgIpc) is 1.80. The number of hydrogen-bond acceptors (Lipinski definition) is 3. The topological polar surface area (TPSA) is 66.6 Å². The molecule has 0 spiro atoms. The number of amides is 1. The lowest BCUT2D eigenvalue weighted by atomic mass is 10.1. The largest absolute Gasteiger partial charge is 0.393 e. The second-order valence-corrected chi connectivity index (χ2v) is 2.23. The molecule has 1 rings (SSSR count). The van der Waals surface area contributed by atoms with Crippen molar-refractivity contribution in [2.45, 2.75) is 18.9 Å². The summed E-state index contributed by atoms with van der Waals surface area (Å²) in [5.74, 6) is 5.04. The van der Waals surface area contributed by atoms with Crippen molar-refractivity contribution < 1.29 is 9.90 Å². The third-order valence-corrected chi connectivity index (χ3v) is 1.43. The first-order chi connectivity index (χ1) is 4.20. The van der Waals surface area contributed by atoms with Crippen molar-refractivity contribution >= 4 is 5.91 Å². The molecule has 0 radical (unpaired) electrons. The van der Waals surface area contributed by atoms with Crippen LogP contribution in [0.5, 0.6) is 0 Å². The molecule has 52 valence electrons. The Morgan fingerprint density at radius 2 is 2.44 bits per heavy atom. The maximum absolute atomic E-state index is 10.6. The monoisotopic (exact) mass is 130 g/mol. The van der Waals surface area contributed by atoms with Crippen LogP contribution in [0.2, 0.25) is 0 Å². The molecule has 1 amide bonds. The van der Waals surface area contributed by atoms with Crippen LogP contribution in [-0.4, -0.2) is 28.7 Å². The summed E-state index contributed by atoms with van der Waals surface area (Å²) in [6.07, 6.45) is 0.302. The standard InChI is InChI=1S/C5H10N2O2/c6-7-2-1-4(8)3-5(7)9/h4,8H,1-3,6H2/t4-/m0/s1. The summed E-state index contributed by atoms with van der Waals surface area (Å²) >= 11 is 0. The normalized spacial score (nSPS) is 28.9. The van der Waals surface area contributed by atoms with Gasteiger partial charge in [0.2, 0.25) is 5.91 Å². The van der Waals surface area contributed by atoms with E-state index in [2.05, 4.69) is 0 Å². The van der Waals surface area contributed by atoms with Gasteiger partial charge < -0.3 is 5.11 Å². The van der Waals surface area contributed by atoms with Crippen molar-refractivity contribution in [3.05, 3.63) is 0 Å². The van der Waals surface area contributed by atoms with Gasteiger partial charge in [-0.1, -0.05) is 0 Å². The van der Waals surface area contributed by atoms with Gasteiger partial charge in [-0.25, -0.2) is 5.84 Å². The summed E-state index contributed by atoms with van der Waals surface area (Å²) in [5.41, 5.74) is 0. The van der Waals surface area contributed by atoms with Gasteiger partial charge >= 0.3 is 0 Å². The molecule has 0 aromatic rings. The van der Waals surface area contributed by atoms with Gasteiger partial charge in [-0.05, 0) is 6.42 Å². The van der Waals surface area contributed by atoms with Gasteiger partial charge in [0.25, 0.3) is 0 Å². The maximum atomic E-state index is 10.6. The number of aliphatic hydroxyl groups excluding tert-OH is 1. The zero-order valence-corrected chi connectivity index (χ0v) is 5.08. The lowest BCUT2D eigenvalue weighted by Crippen LogP contribution is -2.45. The fraction of sp³-hybridized carbons (Fsp3) is 0.800. The number of aliphatic hydroxyl groups is 1. The Bertz CT molecular complexity index is 126.